The fourth-order valence-corrected chi connectivity index (χ4v) is 7.56. The fraction of sp³-hybridized carbons (Fsp3) is 0.481. The first-order valence-corrected chi connectivity index (χ1v) is 15.3. The first kappa shape index (κ1) is 28.0. The minimum atomic E-state index is -3.51. The molecule has 2 aliphatic rings. The highest BCUT2D eigenvalue weighted by Gasteiger charge is 2.36. The number of nitrogens with zero attached hydrogens (tertiary/aromatic N) is 3. The number of pyridine rings is 1. The van der Waals surface area contributed by atoms with E-state index in [-0.39, 0.29) is 10.8 Å². The highest BCUT2D eigenvalue weighted by Crippen LogP contribution is 2.44. The molecule has 0 radical (unpaired) electrons. The van der Waals surface area contributed by atoms with E-state index >= 15 is 0 Å². The number of amides is 1. The average molecular weight is 559 g/mol. The summed E-state index contributed by atoms with van der Waals surface area (Å²) in [6.07, 6.45) is 11.1. The molecule has 1 unspecified atom stereocenters. The van der Waals surface area contributed by atoms with Gasteiger partial charge in [0.2, 0.25) is 5.91 Å². The minimum Gasteiger partial charge on any atom is -0.465 e. The molecule has 4 rings (SSSR count). The first-order valence-electron chi connectivity index (χ1n) is 12.9. The van der Waals surface area contributed by atoms with Crippen molar-refractivity contribution in [1.82, 2.24) is 9.88 Å². The lowest BCUT2D eigenvalue weighted by Crippen LogP contribution is -2.44. The van der Waals surface area contributed by atoms with E-state index in [2.05, 4.69) is 15.3 Å². The molecule has 0 saturated heterocycles. The summed E-state index contributed by atoms with van der Waals surface area (Å²) < 4.78 is 30.6. The Labute approximate surface area is 227 Å². The number of aliphatic imine (C=N–C) groups is 1. The zero-order valence-corrected chi connectivity index (χ0v) is 23.8. The number of thiophene rings is 1. The van der Waals surface area contributed by atoms with Crippen LogP contribution in [-0.2, 0) is 19.4 Å². The van der Waals surface area contributed by atoms with Crippen LogP contribution in [0.25, 0.3) is 5.70 Å². The van der Waals surface area contributed by atoms with E-state index in [0.29, 0.717) is 29.4 Å². The molecule has 11 heteroatoms. The van der Waals surface area contributed by atoms with E-state index < -0.39 is 27.1 Å². The van der Waals surface area contributed by atoms with Gasteiger partial charge >= 0.3 is 5.97 Å². The van der Waals surface area contributed by atoms with Crippen molar-refractivity contribution in [3.05, 3.63) is 40.2 Å². The number of hydrogen-bond acceptors (Lipinski definition) is 9. The second kappa shape index (κ2) is 11.8. The number of nitrogens with one attached hydrogen (secondary N) is 1. The zero-order chi connectivity index (χ0) is 27.4. The van der Waals surface area contributed by atoms with Crippen LogP contribution < -0.4 is 5.32 Å². The third-order valence-electron chi connectivity index (χ3n) is 7.11. The smallest absolute Gasteiger partial charge is 0.339 e. The second-order valence-electron chi connectivity index (χ2n) is 9.87. The van der Waals surface area contributed by atoms with Crippen molar-refractivity contribution in [3.63, 3.8) is 0 Å². The molecule has 38 heavy (non-hydrogen) atoms. The molecule has 3 heterocycles. The predicted octanol–water partition coefficient (Wildman–Crippen LogP) is 5.43. The Morgan fingerprint density at radius 3 is 2.58 bits per heavy atom. The molecule has 1 amide bonds. The van der Waals surface area contributed by atoms with Crippen LogP contribution >= 0.6 is 11.3 Å². The van der Waals surface area contributed by atoms with Gasteiger partial charge in [-0.1, -0.05) is 38.2 Å². The van der Waals surface area contributed by atoms with Gasteiger partial charge < -0.3 is 15.0 Å². The third-order valence-corrected chi connectivity index (χ3v) is 10.4. The topological polar surface area (TPSA) is 118 Å². The van der Waals surface area contributed by atoms with Crippen molar-refractivity contribution in [1.29, 1.82) is 0 Å². The summed E-state index contributed by atoms with van der Waals surface area (Å²) in [6.45, 7) is 5.19. The molecule has 0 spiro atoms. The largest absolute Gasteiger partial charge is 0.465 e. The number of ether oxygens (including phenoxy) is 1. The van der Waals surface area contributed by atoms with Crippen LogP contribution in [0.3, 0.4) is 0 Å². The van der Waals surface area contributed by atoms with Crippen molar-refractivity contribution in [2.75, 3.05) is 12.4 Å². The quantitative estimate of drug-likeness (QED) is 0.430. The summed E-state index contributed by atoms with van der Waals surface area (Å²) in [6, 6.07) is 2.55. The number of esters is 1. The van der Waals surface area contributed by atoms with Gasteiger partial charge in [0.05, 0.1) is 34.8 Å². The summed E-state index contributed by atoms with van der Waals surface area (Å²) in [5, 5.41) is 3.98. The lowest BCUT2D eigenvalue weighted by Gasteiger charge is -2.35. The number of fused-ring (bicyclic) bond motifs is 1. The van der Waals surface area contributed by atoms with Crippen LogP contribution in [0.2, 0.25) is 0 Å². The van der Waals surface area contributed by atoms with Gasteiger partial charge in [-0.3, -0.25) is 4.79 Å². The molecule has 0 aromatic carbocycles. The number of anilines is 1. The summed E-state index contributed by atoms with van der Waals surface area (Å²) in [4.78, 5) is 37.1. The minimum absolute atomic E-state index is 0.228. The monoisotopic (exact) mass is 558 g/mol. The lowest BCUT2D eigenvalue weighted by atomic mass is 9.84. The normalized spacial score (nSPS) is 17.9. The van der Waals surface area contributed by atoms with E-state index in [1.807, 2.05) is 17.9 Å². The maximum Gasteiger partial charge on any atom is 0.339 e. The summed E-state index contributed by atoms with van der Waals surface area (Å²) in [7, 11) is -2.21. The highest BCUT2D eigenvalue weighted by atomic mass is 32.2. The van der Waals surface area contributed by atoms with Crippen LogP contribution in [-0.4, -0.2) is 54.9 Å². The maximum atomic E-state index is 13.7. The van der Waals surface area contributed by atoms with Crippen LogP contribution in [0, 0.1) is 5.92 Å². The zero-order valence-electron chi connectivity index (χ0n) is 22.1. The van der Waals surface area contributed by atoms with Gasteiger partial charge in [0, 0.05) is 11.6 Å². The van der Waals surface area contributed by atoms with Crippen LogP contribution in [0.1, 0.15) is 74.5 Å². The molecule has 1 saturated carbocycles. The Morgan fingerprint density at radius 2 is 1.97 bits per heavy atom. The molecule has 9 nitrogen and oxygen atoms in total. The lowest BCUT2D eigenvalue weighted by molar-refractivity contribution is -0.119. The summed E-state index contributed by atoms with van der Waals surface area (Å²) >= 11 is 1.33. The molecular weight excluding hydrogens is 524 g/mol. The van der Waals surface area contributed by atoms with Crippen LogP contribution in [0.5, 0.6) is 0 Å². The molecular formula is C27H34N4O5S2. The summed E-state index contributed by atoms with van der Waals surface area (Å²) in [5.41, 5.74) is 1.49. The van der Waals surface area contributed by atoms with Gasteiger partial charge in [-0.25, -0.2) is 23.2 Å². The molecule has 1 atom stereocenters. The van der Waals surface area contributed by atoms with Crippen LogP contribution in [0.15, 0.2) is 39.7 Å². The molecule has 1 fully saturated rings. The molecule has 204 valence electrons. The van der Waals surface area contributed by atoms with Crippen LogP contribution in [0.4, 0.5) is 11.5 Å². The van der Waals surface area contributed by atoms with Crippen molar-refractivity contribution in [2.45, 2.75) is 75.5 Å². The van der Waals surface area contributed by atoms with Crippen molar-refractivity contribution in [3.8, 4) is 0 Å². The molecule has 2 aromatic rings. The van der Waals surface area contributed by atoms with Gasteiger partial charge in [-0.2, -0.15) is 0 Å². The molecule has 1 N–H and O–H groups in total. The number of methoxy groups -OCH3 is 1. The Hall–Kier alpha value is -3.05. The van der Waals surface area contributed by atoms with Gasteiger partial charge in [-0.15, -0.1) is 11.3 Å². The first-order chi connectivity index (χ1) is 18.2. The number of carbonyl (C=O) groups excluding carboxylic acids is 2. The average Bonchev–Trinajstić information content (AvgIpc) is 3.37. The van der Waals surface area contributed by atoms with Crippen molar-refractivity contribution >= 4 is 56.6 Å². The van der Waals surface area contributed by atoms with Gasteiger partial charge in [0.25, 0.3) is 0 Å². The number of rotatable bonds is 8. The van der Waals surface area contributed by atoms with E-state index in [1.165, 1.54) is 31.1 Å². The van der Waals surface area contributed by atoms with Gasteiger partial charge in [-0.05, 0) is 45.2 Å². The molecule has 2 aromatic heterocycles. The Morgan fingerprint density at radius 1 is 1.24 bits per heavy atom. The molecule has 1 aliphatic carbocycles. The molecule has 1 aliphatic heterocycles. The summed E-state index contributed by atoms with van der Waals surface area (Å²) in [5.74, 6) is -0.0233. The third kappa shape index (κ3) is 5.68. The Bertz CT molecular complexity index is 1340. The van der Waals surface area contributed by atoms with E-state index in [0.717, 1.165) is 36.3 Å². The van der Waals surface area contributed by atoms with Crippen molar-refractivity contribution < 1.29 is 22.7 Å². The van der Waals surface area contributed by atoms with E-state index in [9.17, 15) is 18.0 Å². The number of allylic oxidation sites excluding steroid dienone is 1. The number of aromatic nitrogens is 1. The maximum absolute atomic E-state index is 13.7. The number of carbonyl (C=O) groups is 2. The van der Waals surface area contributed by atoms with Gasteiger partial charge in [0.15, 0.2) is 9.84 Å². The standard InChI is InChI=1S/C27H34N4O5S2/c1-5-20-25-24(22(15-37-25)38(34,35)17(2)3)29-16-31(20)21(13-18-9-7-6-8-10-18)26(32)30-23-12-11-19(14-28-23)27(33)36-4/h5,11-12,14-18,21H,6-10,13H2,1-4H3,(H,28,30,32)/b20-5-. The predicted molar refractivity (Wildman–Crippen MR) is 149 cm³/mol. The second-order valence-corrected chi connectivity index (χ2v) is 13.2. The fourth-order valence-electron chi connectivity index (χ4n) is 4.93. The molecule has 0 bridgehead atoms. The Kier molecular flexibility index (Phi) is 8.67. The number of hydrogen-bond donors (Lipinski definition) is 1. The van der Waals surface area contributed by atoms with E-state index in [4.69, 9.17) is 4.74 Å². The highest BCUT2D eigenvalue weighted by molar-refractivity contribution is 7.92. The Balaban J connectivity index is 1.65. The van der Waals surface area contributed by atoms with E-state index in [1.54, 1.807) is 37.7 Å². The van der Waals surface area contributed by atoms with Gasteiger partial charge in [0.1, 0.15) is 22.4 Å². The van der Waals surface area contributed by atoms with Crippen molar-refractivity contribution in [2.24, 2.45) is 10.9 Å². The number of sulfone groups is 1. The SMILES string of the molecule is C/C=C1/c2scc(S(=O)(=O)C(C)C)c2N=CN1C(CC1CCCCC1)C(=O)Nc1ccc(C(=O)OC)cn1.